The highest BCUT2D eigenvalue weighted by Gasteiger charge is 2.17. The molecule has 0 amide bonds. The molecular weight excluding hydrogens is 280 g/mol. The fourth-order valence-electron chi connectivity index (χ4n) is 2.00. The van der Waals surface area contributed by atoms with Gasteiger partial charge in [0.05, 0.1) is 12.7 Å². The van der Waals surface area contributed by atoms with Crippen LogP contribution in [0.25, 0.3) is 0 Å². The predicted molar refractivity (Wildman–Crippen MR) is 74.6 cm³/mol. The number of hydrogen-bond acceptors (Lipinski definition) is 3. The van der Waals surface area contributed by atoms with Crippen molar-refractivity contribution in [3.8, 4) is 0 Å². The number of hydrogen-bond donors (Lipinski definition) is 1. The second-order valence-electron chi connectivity index (χ2n) is 4.57. The average Bonchev–Trinajstić information content (AvgIpc) is 2.31. The molecule has 0 radical (unpaired) electrons. The van der Waals surface area contributed by atoms with Crippen molar-refractivity contribution in [1.29, 1.82) is 0 Å². The fraction of sp³-hybridized carbons (Fsp3) is 0.538. The molecule has 1 fully saturated rings. The van der Waals surface area contributed by atoms with Crippen LogP contribution in [0.2, 0.25) is 0 Å². The van der Waals surface area contributed by atoms with E-state index in [-0.39, 0.29) is 6.10 Å². The maximum absolute atomic E-state index is 5.72. The molecule has 1 aliphatic rings. The van der Waals surface area contributed by atoms with Crippen LogP contribution in [0.3, 0.4) is 0 Å². The zero-order valence-corrected chi connectivity index (χ0v) is 12.0. The van der Waals surface area contributed by atoms with E-state index >= 15 is 0 Å². The second kappa shape index (κ2) is 5.85. The highest BCUT2D eigenvalue weighted by Crippen LogP contribution is 2.25. The first kappa shape index (κ1) is 12.9. The SMILES string of the molecule is Cc1cccc(NCC2CN(C)CCO2)c1Br. The normalized spacial score (nSPS) is 21.5. The summed E-state index contributed by atoms with van der Waals surface area (Å²) in [5, 5.41) is 3.45. The monoisotopic (exact) mass is 298 g/mol. The molecule has 0 aliphatic carbocycles. The first-order valence-electron chi connectivity index (χ1n) is 5.96. The highest BCUT2D eigenvalue weighted by molar-refractivity contribution is 9.10. The molecule has 0 saturated carbocycles. The summed E-state index contributed by atoms with van der Waals surface area (Å²) >= 11 is 3.60. The smallest absolute Gasteiger partial charge is 0.0874 e. The summed E-state index contributed by atoms with van der Waals surface area (Å²) in [6, 6.07) is 6.25. The van der Waals surface area contributed by atoms with E-state index in [1.54, 1.807) is 0 Å². The zero-order valence-electron chi connectivity index (χ0n) is 10.4. The lowest BCUT2D eigenvalue weighted by Gasteiger charge is -2.30. The van der Waals surface area contributed by atoms with Gasteiger partial charge < -0.3 is 15.0 Å². The van der Waals surface area contributed by atoms with Crippen molar-refractivity contribution in [3.05, 3.63) is 28.2 Å². The lowest BCUT2D eigenvalue weighted by molar-refractivity contribution is -0.0117. The van der Waals surface area contributed by atoms with Gasteiger partial charge in [0.1, 0.15) is 0 Å². The van der Waals surface area contributed by atoms with Gasteiger partial charge in [-0.1, -0.05) is 12.1 Å². The summed E-state index contributed by atoms with van der Waals surface area (Å²) in [6.07, 6.45) is 0.279. The van der Waals surface area contributed by atoms with Crippen LogP contribution in [0.1, 0.15) is 5.56 Å². The highest BCUT2D eigenvalue weighted by atomic mass is 79.9. The van der Waals surface area contributed by atoms with Crippen molar-refractivity contribution in [3.63, 3.8) is 0 Å². The van der Waals surface area contributed by atoms with Crippen molar-refractivity contribution >= 4 is 21.6 Å². The quantitative estimate of drug-likeness (QED) is 0.928. The molecule has 2 rings (SSSR count). The summed E-state index contributed by atoms with van der Waals surface area (Å²) in [4.78, 5) is 2.31. The van der Waals surface area contributed by atoms with Gasteiger partial charge in [0.15, 0.2) is 0 Å². The van der Waals surface area contributed by atoms with Crippen molar-refractivity contribution in [2.75, 3.05) is 38.6 Å². The number of rotatable bonds is 3. The Kier molecular flexibility index (Phi) is 4.42. The van der Waals surface area contributed by atoms with Gasteiger partial charge >= 0.3 is 0 Å². The molecular formula is C13H19BrN2O. The molecule has 3 nitrogen and oxygen atoms in total. The minimum absolute atomic E-state index is 0.279. The van der Waals surface area contributed by atoms with Gasteiger partial charge in [-0.2, -0.15) is 0 Å². The van der Waals surface area contributed by atoms with Gasteiger partial charge in [-0.05, 0) is 41.5 Å². The molecule has 1 atom stereocenters. The van der Waals surface area contributed by atoms with E-state index in [1.807, 2.05) is 0 Å². The molecule has 0 spiro atoms. The standard InChI is InChI=1S/C13H19BrN2O/c1-10-4-3-5-12(13(10)14)15-8-11-9-16(2)6-7-17-11/h3-5,11,15H,6-9H2,1-2H3. The molecule has 1 aromatic rings. The van der Waals surface area contributed by atoms with E-state index in [0.717, 1.165) is 36.4 Å². The molecule has 94 valence electrons. The number of morpholine rings is 1. The van der Waals surface area contributed by atoms with Gasteiger partial charge in [-0.3, -0.25) is 0 Å². The molecule has 1 aliphatic heterocycles. The minimum Gasteiger partial charge on any atom is -0.381 e. The van der Waals surface area contributed by atoms with Crippen molar-refractivity contribution in [2.24, 2.45) is 0 Å². The van der Waals surface area contributed by atoms with Gasteiger partial charge in [-0.15, -0.1) is 0 Å². The van der Waals surface area contributed by atoms with Gasteiger partial charge in [0.2, 0.25) is 0 Å². The van der Waals surface area contributed by atoms with Crippen LogP contribution in [-0.4, -0.2) is 44.3 Å². The predicted octanol–water partition coefficient (Wildman–Crippen LogP) is 2.50. The number of nitrogens with one attached hydrogen (secondary N) is 1. The van der Waals surface area contributed by atoms with Crippen LogP contribution in [0.5, 0.6) is 0 Å². The Labute approximate surface area is 111 Å². The molecule has 4 heteroatoms. The third-order valence-corrected chi connectivity index (χ3v) is 4.11. The average molecular weight is 299 g/mol. The number of nitrogens with zero attached hydrogens (tertiary/aromatic N) is 1. The van der Waals surface area contributed by atoms with Gasteiger partial charge in [0.25, 0.3) is 0 Å². The lowest BCUT2D eigenvalue weighted by atomic mass is 10.2. The van der Waals surface area contributed by atoms with Crippen LogP contribution in [0, 0.1) is 6.92 Å². The molecule has 1 saturated heterocycles. The Morgan fingerprint density at radius 1 is 1.53 bits per heavy atom. The maximum atomic E-state index is 5.72. The number of halogens is 1. The van der Waals surface area contributed by atoms with Gasteiger partial charge in [0, 0.05) is 29.8 Å². The third-order valence-electron chi connectivity index (χ3n) is 3.05. The number of likely N-dealkylation sites (N-methyl/N-ethyl adjacent to an activating group) is 1. The van der Waals surface area contributed by atoms with Crippen LogP contribution < -0.4 is 5.32 Å². The van der Waals surface area contributed by atoms with E-state index in [4.69, 9.17) is 4.74 Å². The molecule has 1 unspecified atom stereocenters. The van der Waals surface area contributed by atoms with E-state index in [1.165, 1.54) is 5.56 Å². The number of ether oxygens (including phenoxy) is 1. The molecule has 1 N–H and O–H groups in total. The number of aryl methyl sites for hydroxylation is 1. The summed E-state index contributed by atoms with van der Waals surface area (Å²) in [5.41, 5.74) is 2.39. The third kappa shape index (κ3) is 3.44. The van der Waals surface area contributed by atoms with Crippen LogP contribution in [0.15, 0.2) is 22.7 Å². The first-order valence-corrected chi connectivity index (χ1v) is 6.75. The van der Waals surface area contributed by atoms with E-state index in [9.17, 15) is 0 Å². The Balaban J connectivity index is 1.91. The van der Waals surface area contributed by atoms with Crippen molar-refractivity contribution < 1.29 is 4.74 Å². The Morgan fingerprint density at radius 3 is 3.12 bits per heavy atom. The van der Waals surface area contributed by atoms with E-state index in [2.05, 4.69) is 58.3 Å². The summed E-state index contributed by atoms with van der Waals surface area (Å²) in [6.45, 7) is 5.81. The summed E-state index contributed by atoms with van der Waals surface area (Å²) in [7, 11) is 2.14. The summed E-state index contributed by atoms with van der Waals surface area (Å²) in [5.74, 6) is 0. The molecule has 0 bridgehead atoms. The van der Waals surface area contributed by atoms with Crippen LogP contribution >= 0.6 is 15.9 Å². The van der Waals surface area contributed by atoms with E-state index < -0.39 is 0 Å². The first-order chi connectivity index (χ1) is 8.16. The lowest BCUT2D eigenvalue weighted by Crippen LogP contribution is -2.43. The Morgan fingerprint density at radius 2 is 2.35 bits per heavy atom. The Bertz CT molecular complexity index is 384. The number of benzene rings is 1. The van der Waals surface area contributed by atoms with Gasteiger partial charge in [-0.25, -0.2) is 0 Å². The Hall–Kier alpha value is -0.580. The largest absolute Gasteiger partial charge is 0.381 e. The van der Waals surface area contributed by atoms with E-state index in [0.29, 0.717) is 0 Å². The minimum atomic E-state index is 0.279. The maximum Gasteiger partial charge on any atom is 0.0874 e. The topological polar surface area (TPSA) is 24.5 Å². The molecule has 0 aromatic heterocycles. The van der Waals surface area contributed by atoms with Crippen LogP contribution in [0.4, 0.5) is 5.69 Å². The zero-order chi connectivity index (χ0) is 12.3. The molecule has 1 heterocycles. The van der Waals surface area contributed by atoms with Crippen molar-refractivity contribution in [1.82, 2.24) is 4.90 Å². The molecule has 1 aromatic carbocycles. The van der Waals surface area contributed by atoms with Crippen LogP contribution in [-0.2, 0) is 4.74 Å². The molecule has 17 heavy (non-hydrogen) atoms. The van der Waals surface area contributed by atoms with Crippen molar-refractivity contribution in [2.45, 2.75) is 13.0 Å². The second-order valence-corrected chi connectivity index (χ2v) is 5.37. The summed E-state index contributed by atoms with van der Waals surface area (Å²) < 4.78 is 6.86. The number of anilines is 1. The fourth-order valence-corrected chi connectivity index (χ4v) is 2.40.